The number of nitrogens with zero attached hydrogens (tertiary/aromatic N) is 1. The maximum atomic E-state index is 12.8. The topological polar surface area (TPSA) is 107 Å². The van der Waals surface area contributed by atoms with Crippen LogP contribution in [-0.4, -0.2) is 51.1 Å². The van der Waals surface area contributed by atoms with Gasteiger partial charge in [-0.1, -0.05) is 53.9 Å². The number of carbonyl (C=O) groups is 1. The molecule has 4 fully saturated rings. The molecule has 1 unspecified atom stereocenters. The summed E-state index contributed by atoms with van der Waals surface area (Å²) in [6.07, 6.45) is 17.1. The van der Waals surface area contributed by atoms with Crippen molar-refractivity contribution in [3.05, 3.63) is 18.2 Å². The molecule has 4 N–H and O–H groups in total. The summed E-state index contributed by atoms with van der Waals surface area (Å²) in [5.74, 6) is 4.63. The molecule has 1 aromatic rings. The first-order valence-electron chi connectivity index (χ1n) is 17.3. The Morgan fingerprint density at radius 1 is 1.14 bits per heavy atom. The van der Waals surface area contributed by atoms with Gasteiger partial charge in [0.2, 0.25) is 0 Å². The lowest BCUT2D eigenvalue weighted by atomic mass is 9.41. The average Bonchev–Trinajstić information content (AvgIpc) is 3.57. The Balaban J connectivity index is 1.35. The Morgan fingerprint density at radius 3 is 2.67 bits per heavy atom. The van der Waals surface area contributed by atoms with E-state index in [0.29, 0.717) is 23.7 Å². The van der Waals surface area contributed by atoms with Gasteiger partial charge in [0.05, 0.1) is 18.5 Å². The van der Waals surface area contributed by atoms with E-state index in [2.05, 4.69) is 49.9 Å². The van der Waals surface area contributed by atoms with Crippen molar-refractivity contribution in [3.8, 4) is 0 Å². The molecule has 1 heterocycles. The second kappa shape index (κ2) is 12.8. The normalized spacial score (nSPS) is 40.3. The van der Waals surface area contributed by atoms with Crippen LogP contribution in [0.2, 0.25) is 0 Å². The van der Waals surface area contributed by atoms with Gasteiger partial charge < -0.3 is 25.3 Å². The summed E-state index contributed by atoms with van der Waals surface area (Å²) < 4.78 is 4.89. The van der Waals surface area contributed by atoms with Gasteiger partial charge in [-0.25, -0.2) is 9.78 Å². The molecule has 0 amide bonds. The third-order valence-corrected chi connectivity index (χ3v) is 13.3. The summed E-state index contributed by atoms with van der Waals surface area (Å²) in [4.78, 5) is 18.4. The van der Waals surface area contributed by atoms with E-state index in [4.69, 9.17) is 9.84 Å². The molecule has 42 heavy (non-hydrogen) atoms. The third-order valence-electron chi connectivity index (χ3n) is 13.3. The number of aliphatic hydroxyl groups is 1. The highest BCUT2D eigenvalue weighted by molar-refractivity contribution is 5.56. The lowest BCUT2D eigenvalue weighted by Crippen LogP contribution is -2.71. The zero-order chi connectivity index (χ0) is 30.1. The van der Waals surface area contributed by atoms with Gasteiger partial charge in [0.15, 0.2) is 0 Å². The van der Waals surface area contributed by atoms with Crippen LogP contribution in [0.1, 0.15) is 117 Å². The Hall–Kier alpha value is -1.60. The molecule has 0 aromatic carbocycles. The fourth-order valence-corrected chi connectivity index (χ4v) is 11.1. The lowest BCUT2D eigenvalue weighted by Gasteiger charge is -2.67. The van der Waals surface area contributed by atoms with Gasteiger partial charge in [-0.3, -0.25) is 0 Å². The average molecular weight is 586 g/mol. The number of rotatable bonds is 12. The maximum absolute atomic E-state index is 12.8. The largest absolute Gasteiger partial charge is 0.505 e. The van der Waals surface area contributed by atoms with Crippen molar-refractivity contribution in [2.45, 2.75) is 130 Å². The van der Waals surface area contributed by atoms with Crippen molar-refractivity contribution in [3.63, 3.8) is 0 Å². The maximum Gasteiger partial charge on any atom is 0.505 e. The van der Waals surface area contributed by atoms with Crippen molar-refractivity contribution < 1.29 is 19.7 Å². The van der Waals surface area contributed by atoms with E-state index >= 15 is 0 Å². The van der Waals surface area contributed by atoms with E-state index in [1.165, 1.54) is 44.9 Å². The smallest absolute Gasteiger partial charge is 0.450 e. The van der Waals surface area contributed by atoms with Crippen molar-refractivity contribution >= 4 is 6.16 Å². The number of imidazole rings is 1. The Labute approximate surface area is 254 Å². The molecule has 0 saturated heterocycles. The van der Waals surface area contributed by atoms with Crippen LogP contribution in [0, 0.1) is 52.3 Å². The highest BCUT2D eigenvalue weighted by Gasteiger charge is 2.67. The van der Waals surface area contributed by atoms with Gasteiger partial charge in [0.1, 0.15) is 0 Å². The van der Waals surface area contributed by atoms with E-state index in [1.54, 1.807) is 6.33 Å². The molecule has 4 aliphatic rings. The van der Waals surface area contributed by atoms with Crippen LogP contribution in [0.5, 0.6) is 0 Å². The minimum atomic E-state index is -1.21. The third kappa shape index (κ3) is 6.03. The number of hydrogen-bond donors (Lipinski definition) is 4. The van der Waals surface area contributed by atoms with Crippen molar-refractivity contribution in [2.75, 3.05) is 13.2 Å². The van der Waals surface area contributed by atoms with Gasteiger partial charge in [0, 0.05) is 36.3 Å². The second-order valence-electron chi connectivity index (χ2n) is 15.8. The van der Waals surface area contributed by atoms with E-state index < -0.39 is 11.8 Å². The summed E-state index contributed by atoms with van der Waals surface area (Å²) in [6.45, 7) is 13.3. The standard InChI is InChI=1S/C35H59N3O4/c1-23(2)7-6-8-24(3)28-9-10-29-27-19-31(37-17-13-26-21-36-22-38-26)35(41)20-25(14-18-42-32(39)40)11-16-34(35,5)30(27)12-15-33(28,29)4/h21-25,27-31,37,41H,6-20H2,1-5H3,(H,36,38)(H,39,40)/t24?,25-,27+,28-,29+,30+,31-,33-,34-,35+/m1/s1. The first kappa shape index (κ1) is 31.8. The summed E-state index contributed by atoms with van der Waals surface area (Å²) >= 11 is 0. The first-order chi connectivity index (χ1) is 20.0. The van der Waals surface area contributed by atoms with E-state index in [-0.39, 0.29) is 24.0 Å². The molecule has 1 aromatic heterocycles. The monoisotopic (exact) mass is 585 g/mol. The van der Waals surface area contributed by atoms with Crippen LogP contribution in [0.15, 0.2) is 12.5 Å². The first-order valence-corrected chi connectivity index (χ1v) is 17.3. The van der Waals surface area contributed by atoms with Crippen LogP contribution in [0.3, 0.4) is 0 Å². The number of fused-ring (bicyclic) bond motifs is 5. The van der Waals surface area contributed by atoms with E-state index in [1.807, 2.05) is 6.20 Å². The molecular weight excluding hydrogens is 526 g/mol. The van der Waals surface area contributed by atoms with Gasteiger partial charge in [-0.2, -0.15) is 0 Å². The number of aromatic amines is 1. The van der Waals surface area contributed by atoms with Gasteiger partial charge in [-0.05, 0) is 105 Å². The van der Waals surface area contributed by atoms with Gasteiger partial charge in [0.25, 0.3) is 0 Å². The number of carboxylic acid groups (broad SMARTS) is 1. The minimum absolute atomic E-state index is 0.0414. The molecule has 238 valence electrons. The highest BCUT2D eigenvalue weighted by Crippen LogP contribution is 2.69. The molecule has 7 heteroatoms. The quantitative estimate of drug-likeness (QED) is 0.190. The van der Waals surface area contributed by atoms with Crippen LogP contribution in [0.25, 0.3) is 0 Å². The molecular formula is C35H59N3O4. The number of nitrogens with one attached hydrogen (secondary N) is 2. The number of H-pyrrole nitrogens is 1. The highest BCUT2D eigenvalue weighted by atomic mass is 16.7. The van der Waals surface area contributed by atoms with Crippen LogP contribution >= 0.6 is 0 Å². The Bertz CT molecular complexity index is 1030. The molecule has 0 radical (unpaired) electrons. The molecule has 4 saturated carbocycles. The van der Waals surface area contributed by atoms with Gasteiger partial charge >= 0.3 is 6.16 Å². The van der Waals surface area contributed by atoms with Crippen molar-refractivity contribution in [2.24, 2.45) is 52.3 Å². The lowest BCUT2D eigenvalue weighted by molar-refractivity contribution is -0.228. The minimum Gasteiger partial charge on any atom is -0.450 e. The van der Waals surface area contributed by atoms with Crippen LogP contribution < -0.4 is 5.32 Å². The van der Waals surface area contributed by atoms with Crippen molar-refractivity contribution in [1.82, 2.24) is 15.3 Å². The number of ether oxygens (including phenoxy) is 1. The van der Waals surface area contributed by atoms with Crippen molar-refractivity contribution in [1.29, 1.82) is 0 Å². The zero-order valence-corrected chi connectivity index (χ0v) is 27.0. The molecule has 0 aliphatic heterocycles. The predicted octanol–water partition coefficient (Wildman–Crippen LogP) is 7.46. The van der Waals surface area contributed by atoms with E-state index in [0.717, 1.165) is 68.0 Å². The van der Waals surface area contributed by atoms with Crippen LogP contribution in [0.4, 0.5) is 4.79 Å². The number of hydrogen-bond acceptors (Lipinski definition) is 5. The molecule has 0 bridgehead atoms. The Morgan fingerprint density at radius 2 is 1.95 bits per heavy atom. The molecule has 4 aliphatic carbocycles. The summed E-state index contributed by atoms with van der Waals surface area (Å²) in [6, 6.07) is 0.0414. The fraction of sp³-hybridized carbons (Fsp3) is 0.886. The molecule has 7 nitrogen and oxygen atoms in total. The second-order valence-corrected chi connectivity index (χ2v) is 15.8. The summed E-state index contributed by atoms with van der Waals surface area (Å²) in [7, 11) is 0. The van der Waals surface area contributed by atoms with E-state index in [9.17, 15) is 9.90 Å². The summed E-state index contributed by atoms with van der Waals surface area (Å²) in [5.41, 5.74) is 0.600. The van der Waals surface area contributed by atoms with Gasteiger partial charge in [-0.15, -0.1) is 0 Å². The summed E-state index contributed by atoms with van der Waals surface area (Å²) in [5, 5.41) is 25.7. The SMILES string of the molecule is CC(C)CCCC(C)[C@H]1CC[C@H]2[C@@H]3C[C@@H](NCCc4cnc[nH]4)[C@@]4(O)C[C@@H](CCOC(=O)O)CC[C@]4(C)[C@H]3CC[C@]12C. The number of aromatic nitrogens is 2. The molecule has 0 spiro atoms. The fourth-order valence-electron chi connectivity index (χ4n) is 11.1. The zero-order valence-electron chi connectivity index (χ0n) is 27.0. The molecule has 10 atom stereocenters. The van der Waals surface area contributed by atoms with Crippen LogP contribution in [-0.2, 0) is 11.2 Å². The molecule has 5 rings (SSSR count). The predicted molar refractivity (Wildman–Crippen MR) is 166 cm³/mol. The Kier molecular flexibility index (Phi) is 9.69.